The molecule has 1 aromatic rings. The van der Waals surface area contributed by atoms with Crippen molar-refractivity contribution in [3.8, 4) is 0 Å². The van der Waals surface area contributed by atoms with E-state index >= 15 is 0 Å². The van der Waals surface area contributed by atoms with Crippen LogP contribution in [0, 0.1) is 5.92 Å². The average Bonchev–Trinajstić information content (AvgIpc) is 3.05. The first-order chi connectivity index (χ1) is 9.24. The summed E-state index contributed by atoms with van der Waals surface area (Å²) in [6.45, 7) is 8.28. The largest absolute Gasteiger partial charge is 0.469 e. The minimum Gasteiger partial charge on any atom is -0.469 e. The molecule has 0 radical (unpaired) electrons. The minimum atomic E-state index is 0.524. The predicted molar refractivity (Wildman–Crippen MR) is 77.2 cm³/mol. The number of hydrogen-bond donors (Lipinski definition) is 1. The van der Waals surface area contributed by atoms with Crippen LogP contribution >= 0.6 is 0 Å². The molecule has 1 fully saturated rings. The van der Waals surface area contributed by atoms with Crippen LogP contribution in [0.3, 0.4) is 0 Å². The van der Waals surface area contributed by atoms with Gasteiger partial charge in [0.25, 0.3) is 0 Å². The van der Waals surface area contributed by atoms with Gasteiger partial charge in [-0.15, -0.1) is 0 Å². The topological polar surface area (TPSA) is 28.4 Å². The van der Waals surface area contributed by atoms with E-state index in [1.165, 1.54) is 43.7 Å². The molecule has 106 valence electrons. The summed E-state index contributed by atoms with van der Waals surface area (Å²) in [5.41, 5.74) is 1.41. The van der Waals surface area contributed by atoms with Crippen LogP contribution in [0.4, 0.5) is 0 Å². The molecular weight excluding hydrogens is 236 g/mol. The Balaban J connectivity index is 1.52. The van der Waals surface area contributed by atoms with Gasteiger partial charge in [0.15, 0.2) is 0 Å². The van der Waals surface area contributed by atoms with Crippen molar-refractivity contribution in [1.82, 2.24) is 10.2 Å². The molecule has 2 unspecified atom stereocenters. The lowest BCUT2D eigenvalue weighted by molar-refractivity contribution is 0.261. The molecule has 0 amide bonds. The maximum atomic E-state index is 5.56. The van der Waals surface area contributed by atoms with Gasteiger partial charge in [-0.1, -0.05) is 0 Å². The summed E-state index contributed by atoms with van der Waals surface area (Å²) >= 11 is 0. The van der Waals surface area contributed by atoms with E-state index < -0.39 is 0 Å². The summed E-state index contributed by atoms with van der Waals surface area (Å²) < 4.78 is 5.56. The van der Waals surface area contributed by atoms with Crippen LogP contribution in [0.25, 0.3) is 0 Å². The molecule has 0 aromatic carbocycles. The van der Waals surface area contributed by atoms with Crippen LogP contribution < -0.4 is 5.32 Å². The highest BCUT2D eigenvalue weighted by Crippen LogP contribution is 2.30. The zero-order valence-corrected chi connectivity index (χ0v) is 12.2. The molecular formula is C16H26N2O. The van der Waals surface area contributed by atoms with Crippen LogP contribution in [0.1, 0.15) is 50.5 Å². The third-order valence-electron chi connectivity index (χ3n) is 4.75. The Kier molecular flexibility index (Phi) is 3.94. The van der Waals surface area contributed by atoms with Crippen molar-refractivity contribution in [2.75, 3.05) is 19.6 Å². The van der Waals surface area contributed by atoms with Gasteiger partial charge in [0.1, 0.15) is 5.76 Å². The van der Waals surface area contributed by atoms with Crippen LogP contribution in [-0.4, -0.2) is 30.6 Å². The fraction of sp³-hybridized carbons (Fsp3) is 0.750. The standard InChI is InChI=1S/C16H26N2O/c1-12(2)18-8-6-13(11-18)10-17-15-4-3-5-16-14(15)7-9-19-16/h7,9,12-13,15,17H,3-6,8,10-11H2,1-2H3. The van der Waals surface area contributed by atoms with E-state index in [1.807, 2.05) is 6.26 Å². The lowest BCUT2D eigenvalue weighted by Crippen LogP contribution is -2.32. The first-order valence-corrected chi connectivity index (χ1v) is 7.77. The number of aryl methyl sites for hydroxylation is 1. The van der Waals surface area contributed by atoms with Gasteiger partial charge in [0.2, 0.25) is 0 Å². The first-order valence-electron chi connectivity index (χ1n) is 7.77. The van der Waals surface area contributed by atoms with Gasteiger partial charge in [0, 0.05) is 30.6 Å². The first kappa shape index (κ1) is 13.2. The highest BCUT2D eigenvalue weighted by Gasteiger charge is 2.27. The fourth-order valence-corrected chi connectivity index (χ4v) is 3.51. The van der Waals surface area contributed by atoms with Crippen molar-refractivity contribution in [3.63, 3.8) is 0 Å². The second-order valence-corrected chi connectivity index (χ2v) is 6.40. The monoisotopic (exact) mass is 262 g/mol. The average molecular weight is 262 g/mol. The quantitative estimate of drug-likeness (QED) is 0.904. The molecule has 1 aliphatic carbocycles. The van der Waals surface area contributed by atoms with E-state index in [4.69, 9.17) is 4.42 Å². The Morgan fingerprint density at radius 3 is 3.11 bits per heavy atom. The van der Waals surface area contributed by atoms with E-state index in [1.54, 1.807) is 0 Å². The Hall–Kier alpha value is -0.800. The molecule has 19 heavy (non-hydrogen) atoms. The maximum Gasteiger partial charge on any atom is 0.108 e. The Morgan fingerprint density at radius 2 is 2.32 bits per heavy atom. The molecule has 1 N–H and O–H groups in total. The summed E-state index contributed by atoms with van der Waals surface area (Å²) in [7, 11) is 0. The SMILES string of the molecule is CC(C)N1CCC(CNC2CCCc3occc32)C1. The molecule has 1 aromatic heterocycles. The summed E-state index contributed by atoms with van der Waals surface area (Å²) in [5.74, 6) is 2.03. The fourth-order valence-electron chi connectivity index (χ4n) is 3.51. The number of hydrogen-bond acceptors (Lipinski definition) is 3. The Labute approximate surface area is 116 Å². The molecule has 3 rings (SSSR count). The van der Waals surface area contributed by atoms with E-state index in [2.05, 4.69) is 30.1 Å². The molecule has 3 nitrogen and oxygen atoms in total. The van der Waals surface area contributed by atoms with E-state index in [9.17, 15) is 0 Å². The highest BCUT2D eigenvalue weighted by atomic mass is 16.3. The lowest BCUT2D eigenvalue weighted by Gasteiger charge is -2.25. The van der Waals surface area contributed by atoms with Gasteiger partial charge in [-0.05, 0) is 58.2 Å². The van der Waals surface area contributed by atoms with Gasteiger partial charge in [-0.25, -0.2) is 0 Å². The van der Waals surface area contributed by atoms with Crippen LogP contribution in [0.15, 0.2) is 16.7 Å². The van der Waals surface area contributed by atoms with Gasteiger partial charge < -0.3 is 14.6 Å². The molecule has 3 heteroatoms. The minimum absolute atomic E-state index is 0.524. The maximum absolute atomic E-state index is 5.56. The molecule has 2 heterocycles. The highest BCUT2D eigenvalue weighted by molar-refractivity contribution is 5.24. The van der Waals surface area contributed by atoms with Crippen molar-refractivity contribution in [1.29, 1.82) is 0 Å². The number of fused-ring (bicyclic) bond motifs is 1. The number of nitrogens with zero attached hydrogens (tertiary/aromatic N) is 1. The summed E-state index contributed by atoms with van der Waals surface area (Å²) in [4.78, 5) is 2.59. The van der Waals surface area contributed by atoms with Crippen molar-refractivity contribution in [3.05, 3.63) is 23.7 Å². The number of furan rings is 1. The van der Waals surface area contributed by atoms with E-state index in [0.717, 1.165) is 18.9 Å². The van der Waals surface area contributed by atoms with Crippen molar-refractivity contribution in [2.45, 2.75) is 51.6 Å². The normalized spacial score (nSPS) is 27.9. The number of nitrogens with one attached hydrogen (secondary N) is 1. The molecule has 1 aliphatic heterocycles. The second kappa shape index (κ2) is 5.68. The molecule has 1 saturated heterocycles. The zero-order valence-electron chi connectivity index (χ0n) is 12.2. The Morgan fingerprint density at radius 1 is 1.42 bits per heavy atom. The smallest absolute Gasteiger partial charge is 0.108 e. The summed E-state index contributed by atoms with van der Waals surface area (Å²) in [6.07, 6.45) is 6.82. The van der Waals surface area contributed by atoms with Crippen LogP contribution in [0.5, 0.6) is 0 Å². The third-order valence-corrected chi connectivity index (χ3v) is 4.75. The van der Waals surface area contributed by atoms with Gasteiger partial charge in [-0.3, -0.25) is 0 Å². The number of rotatable bonds is 4. The zero-order chi connectivity index (χ0) is 13.2. The summed E-state index contributed by atoms with van der Waals surface area (Å²) in [6, 6.07) is 3.37. The van der Waals surface area contributed by atoms with Crippen molar-refractivity contribution < 1.29 is 4.42 Å². The van der Waals surface area contributed by atoms with Gasteiger partial charge >= 0.3 is 0 Å². The third kappa shape index (κ3) is 2.87. The van der Waals surface area contributed by atoms with Crippen molar-refractivity contribution in [2.24, 2.45) is 5.92 Å². The van der Waals surface area contributed by atoms with Crippen molar-refractivity contribution >= 4 is 0 Å². The van der Waals surface area contributed by atoms with Crippen LogP contribution in [-0.2, 0) is 6.42 Å². The Bertz CT molecular complexity index is 413. The number of likely N-dealkylation sites (tertiary alicyclic amines) is 1. The molecule has 0 saturated carbocycles. The molecule has 0 bridgehead atoms. The molecule has 2 atom stereocenters. The predicted octanol–water partition coefficient (Wildman–Crippen LogP) is 2.98. The van der Waals surface area contributed by atoms with E-state index in [-0.39, 0.29) is 0 Å². The van der Waals surface area contributed by atoms with Crippen LogP contribution in [0.2, 0.25) is 0 Å². The summed E-state index contributed by atoms with van der Waals surface area (Å²) in [5, 5.41) is 3.78. The van der Waals surface area contributed by atoms with E-state index in [0.29, 0.717) is 12.1 Å². The van der Waals surface area contributed by atoms with Gasteiger partial charge in [0.05, 0.1) is 6.26 Å². The molecule has 2 aliphatic rings. The lowest BCUT2D eigenvalue weighted by atomic mass is 9.93. The molecule has 0 spiro atoms. The second-order valence-electron chi connectivity index (χ2n) is 6.40. The van der Waals surface area contributed by atoms with Gasteiger partial charge in [-0.2, -0.15) is 0 Å².